The fourth-order valence-corrected chi connectivity index (χ4v) is 4.05. The number of hydrogen-bond donors (Lipinski definition) is 2. The van der Waals surface area contributed by atoms with Crippen LogP contribution in [0.3, 0.4) is 0 Å². The first kappa shape index (κ1) is 27.4. The molecule has 0 bridgehead atoms. The van der Waals surface area contributed by atoms with Gasteiger partial charge in [-0.2, -0.15) is 5.10 Å². The molecule has 1 aliphatic heterocycles. The second kappa shape index (κ2) is 11.9. The predicted octanol–water partition coefficient (Wildman–Crippen LogP) is 3.48. The van der Waals surface area contributed by atoms with Crippen molar-refractivity contribution in [3.63, 3.8) is 0 Å². The van der Waals surface area contributed by atoms with Gasteiger partial charge in [-0.25, -0.2) is 13.8 Å². The molecule has 1 aliphatic rings. The quantitative estimate of drug-likeness (QED) is 0.199. The molecule has 3 aromatic carbocycles. The Labute approximate surface area is 222 Å². The van der Waals surface area contributed by atoms with Crippen LogP contribution in [0.25, 0.3) is 0 Å². The number of thioether (sulfide) groups is 1. The average Bonchev–Trinajstić information content (AvgIpc) is 3.24. The third-order valence-electron chi connectivity index (χ3n) is 5.00. The Kier molecular flexibility index (Phi) is 8.34. The van der Waals surface area contributed by atoms with E-state index in [9.17, 15) is 26.7 Å². The number of ether oxygens (including phenoxy) is 1. The lowest BCUT2D eigenvalue weighted by molar-refractivity contribution is -0.303. The Hall–Kier alpha value is -4.59. The highest BCUT2D eigenvalue weighted by Crippen LogP contribution is 2.31. The Bertz CT molecular complexity index is 1450. The van der Waals surface area contributed by atoms with Crippen molar-refractivity contribution in [1.82, 2.24) is 0 Å². The third kappa shape index (κ3) is 7.25. The van der Waals surface area contributed by atoms with Gasteiger partial charge in [-0.15, -0.1) is 23.3 Å². The van der Waals surface area contributed by atoms with Crippen LogP contribution < -0.4 is 20.4 Å². The molecule has 1 saturated heterocycles. The number of hydrogen-bond acceptors (Lipinski definition) is 6. The number of para-hydroxylation sites is 1. The standard InChI is InChI=1S/C25H17F5N6O2S/c26-19-2-1-3-20(27)22(19)36-21(37)13-39-24(36)35-34-12-15-4-6-16(7-5-15)23(31)33-14-32-17-8-10-18(11-9-17)38-25(28,29)30/h1-12,14H,13H2,(H2,31,32,33)/p+1/b34-12+,35-24-. The molecule has 1 amide bonds. The molecule has 0 spiro atoms. The Morgan fingerprint density at radius 3 is 2.33 bits per heavy atom. The van der Waals surface area contributed by atoms with E-state index < -0.39 is 29.6 Å². The van der Waals surface area contributed by atoms with Crippen LogP contribution in [-0.4, -0.2) is 41.6 Å². The molecule has 200 valence electrons. The highest BCUT2D eigenvalue weighted by atomic mass is 32.2. The van der Waals surface area contributed by atoms with Crippen LogP contribution >= 0.6 is 11.8 Å². The molecular formula is C25H18F5N6O2S+. The number of nitrogens with two attached hydrogens (primary N) is 1. The van der Waals surface area contributed by atoms with Crippen LogP contribution in [0.4, 0.5) is 33.3 Å². The van der Waals surface area contributed by atoms with Crippen LogP contribution in [-0.2, 0) is 4.79 Å². The predicted molar refractivity (Wildman–Crippen MR) is 138 cm³/mol. The van der Waals surface area contributed by atoms with Gasteiger partial charge in [0.25, 0.3) is 0 Å². The van der Waals surface area contributed by atoms with Gasteiger partial charge in [0, 0.05) is 5.56 Å². The first-order valence-electron chi connectivity index (χ1n) is 11.0. The van der Waals surface area contributed by atoms with Crippen molar-refractivity contribution in [2.24, 2.45) is 20.9 Å². The third-order valence-corrected chi connectivity index (χ3v) is 5.92. The van der Waals surface area contributed by atoms with Crippen molar-refractivity contribution in [2.75, 3.05) is 10.7 Å². The number of carbonyl (C=O) groups is 1. The number of amides is 1. The highest BCUT2D eigenvalue weighted by Gasteiger charge is 2.34. The summed E-state index contributed by atoms with van der Waals surface area (Å²) in [6, 6.07) is 15.0. The van der Waals surface area contributed by atoms with Gasteiger partial charge in [-0.05, 0) is 54.1 Å². The van der Waals surface area contributed by atoms with Crippen molar-refractivity contribution < 1.29 is 36.5 Å². The molecule has 3 aromatic rings. The number of rotatable bonds is 7. The molecule has 0 saturated carbocycles. The average molecular weight is 562 g/mol. The van der Waals surface area contributed by atoms with Crippen LogP contribution in [0, 0.1) is 11.6 Å². The van der Waals surface area contributed by atoms with Crippen molar-refractivity contribution >= 4 is 52.6 Å². The van der Waals surface area contributed by atoms with Crippen LogP contribution in [0.1, 0.15) is 11.1 Å². The van der Waals surface area contributed by atoms with Crippen LogP contribution in [0.5, 0.6) is 5.75 Å². The molecule has 1 fully saturated rings. The fourth-order valence-electron chi connectivity index (χ4n) is 3.25. The second-order valence-electron chi connectivity index (χ2n) is 7.70. The summed E-state index contributed by atoms with van der Waals surface area (Å²) < 4.78 is 68.8. The monoisotopic (exact) mass is 561 g/mol. The van der Waals surface area contributed by atoms with E-state index in [1.165, 1.54) is 30.8 Å². The van der Waals surface area contributed by atoms with Crippen LogP contribution in [0.2, 0.25) is 0 Å². The number of carbonyl (C=O) groups excluding carboxylic acids is 1. The van der Waals surface area contributed by atoms with Gasteiger partial charge in [-0.1, -0.05) is 30.0 Å². The summed E-state index contributed by atoms with van der Waals surface area (Å²) in [4.78, 5) is 19.9. The van der Waals surface area contributed by atoms with E-state index in [0.29, 0.717) is 16.8 Å². The van der Waals surface area contributed by atoms with Gasteiger partial charge < -0.3 is 10.5 Å². The molecule has 1 heterocycles. The zero-order valence-corrected chi connectivity index (χ0v) is 20.5. The molecule has 0 aromatic heterocycles. The number of halogens is 5. The number of aliphatic imine (C=N–C) groups is 1. The summed E-state index contributed by atoms with van der Waals surface area (Å²) in [6.45, 7) is 0. The maximum atomic E-state index is 14.2. The van der Waals surface area contributed by atoms with E-state index >= 15 is 0 Å². The van der Waals surface area contributed by atoms with Gasteiger partial charge in [0.05, 0.1) is 12.0 Å². The number of anilines is 1. The summed E-state index contributed by atoms with van der Waals surface area (Å²) in [5, 5.41) is 7.93. The van der Waals surface area contributed by atoms with Crippen molar-refractivity contribution in [2.45, 2.75) is 6.36 Å². The van der Waals surface area contributed by atoms with Gasteiger partial charge in [-0.3, -0.25) is 9.69 Å². The molecule has 0 radical (unpaired) electrons. The highest BCUT2D eigenvalue weighted by molar-refractivity contribution is 8.15. The lowest BCUT2D eigenvalue weighted by atomic mass is 10.1. The first-order valence-corrected chi connectivity index (χ1v) is 12.0. The fraction of sp³-hybridized carbons (Fsp3) is 0.0800. The first-order chi connectivity index (χ1) is 18.6. The number of nitrogen functional groups attached to an aromatic ring is 1. The molecule has 39 heavy (non-hydrogen) atoms. The molecule has 14 heteroatoms. The number of alkyl halides is 3. The van der Waals surface area contributed by atoms with E-state index in [-0.39, 0.29) is 22.5 Å². The minimum absolute atomic E-state index is 0.0278. The normalized spacial score (nSPS) is 15.7. The number of benzene rings is 3. The summed E-state index contributed by atoms with van der Waals surface area (Å²) in [6.07, 6.45) is -2.09. The van der Waals surface area contributed by atoms with Crippen molar-refractivity contribution in [1.29, 1.82) is 0 Å². The van der Waals surface area contributed by atoms with E-state index in [0.717, 1.165) is 40.9 Å². The second-order valence-corrected chi connectivity index (χ2v) is 8.64. The Balaban J connectivity index is 1.39. The van der Waals surface area contributed by atoms with E-state index in [1.807, 2.05) is 0 Å². The van der Waals surface area contributed by atoms with Gasteiger partial charge in [0.1, 0.15) is 28.8 Å². The van der Waals surface area contributed by atoms with Gasteiger partial charge in [0.15, 0.2) is 5.17 Å². The van der Waals surface area contributed by atoms with E-state index in [2.05, 4.69) is 24.9 Å². The largest absolute Gasteiger partial charge is 0.573 e. The summed E-state index contributed by atoms with van der Waals surface area (Å²) in [5.74, 6) is -2.43. The maximum Gasteiger partial charge on any atom is 0.573 e. The minimum atomic E-state index is -4.77. The molecule has 8 nitrogen and oxygen atoms in total. The van der Waals surface area contributed by atoms with E-state index in [1.54, 1.807) is 24.3 Å². The summed E-state index contributed by atoms with van der Waals surface area (Å²) >= 11 is 1.01. The molecule has 0 aliphatic carbocycles. The topological polar surface area (TPSA) is 107 Å². The van der Waals surface area contributed by atoms with Gasteiger partial charge >= 0.3 is 6.36 Å². The smallest absolute Gasteiger partial charge is 0.406 e. The molecule has 4 rings (SSSR count). The molecule has 0 unspecified atom stereocenters. The van der Waals surface area contributed by atoms with Crippen molar-refractivity contribution in [3.05, 3.63) is 89.5 Å². The maximum absolute atomic E-state index is 14.2. The zero-order chi connectivity index (χ0) is 28.0. The summed E-state index contributed by atoms with van der Waals surface area (Å²) in [7, 11) is 0. The Morgan fingerprint density at radius 2 is 1.69 bits per heavy atom. The van der Waals surface area contributed by atoms with Gasteiger partial charge in [0.2, 0.25) is 18.1 Å². The van der Waals surface area contributed by atoms with Crippen LogP contribution in [0.15, 0.2) is 81.9 Å². The molecule has 0 atom stereocenters. The SMILES string of the molecule is NC(=[NH+]C=Nc1ccc(OC(F)(F)F)cc1)c1ccc(/C=N/N=C2\SCC(=O)N2c2c(F)cccc2F)cc1. The number of nitrogens with zero attached hydrogens (tertiary/aromatic N) is 4. The van der Waals surface area contributed by atoms with E-state index in [4.69, 9.17) is 5.73 Å². The lowest BCUT2D eigenvalue weighted by Gasteiger charge is -2.16. The molecule has 3 N–H and O–H groups in total. The minimum Gasteiger partial charge on any atom is -0.406 e. The number of amidine groups is 2. The molecular weight excluding hydrogens is 543 g/mol. The van der Waals surface area contributed by atoms with Crippen molar-refractivity contribution in [3.8, 4) is 5.75 Å². The summed E-state index contributed by atoms with van der Waals surface area (Å²) in [5.41, 5.74) is 7.11. The zero-order valence-electron chi connectivity index (χ0n) is 19.7. The number of nitrogens with one attached hydrogen (secondary N) is 1. The lowest BCUT2D eigenvalue weighted by Crippen LogP contribution is -2.74. The Morgan fingerprint density at radius 1 is 1.03 bits per heavy atom.